The van der Waals surface area contributed by atoms with Crippen molar-refractivity contribution >= 4 is 16.9 Å². The van der Waals surface area contributed by atoms with Crippen molar-refractivity contribution < 1.29 is 13.9 Å². The van der Waals surface area contributed by atoms with Crippen LogP contribution in [0.4, 0.5) is 0 Å². The topological polar surface area (TPSA) is 69.3 Å². The number of nitrogens with one attached hydrogen (secondary N) is 1. The molecule has 4 aromatic rings. The number of carbonyl (C=O) groups excluding carboxylic acids is 1. The van der Waals surface area contributed by atoms with Gasteiger partial charge in [0.2, 0.25) is 5.91 Å². The molecule has 1 atom stereocenters. The minimum absolute atomic E-state index is 0.0485. The molecule has 2 aromatic heterocycles. The Morgan fingerprint density at radius 3 is 2.83 bits per heavy atom. The Hall–Kier alpha value is -3.38. The van der Waals surface area contributed by atoms with Crippen LogP contribution in [0, 0.1) is 0 Å². The van der Waals surface area contributed by atoms with E-state index in [4.69, 9.17) is 9.15 Å². The second-order valence-corrected chi connectivity index (χ2v) is 6.93. The van der Waals surface area contributed by atoms with E-state index in [9.17, 15) is 4.79 Å². The third-order valence-electron chi connectivity index (χ3n) is 4.83. The molecule has 0 fully saturated rings. The number of para-hydroxylation sites is 2. The van der Waals surface area contributed by atoms with Crippen LogP contribution < -0.4 is 5.32 Å². The van der Waals surface area contributed by atoms with Gasteiger partial charge in [-0.25, -0.2) is 4.98 Å². The molecule has 0 saturated heterocycles. The molecule has 1 N–H and O–H groups in total. The molecule has 0 bridgehead atoms. The lowest BCUT2D eigenvalue weighted by Crippen LogP contribution is -2.30. The molecule has 0 aliphatic carbocycles. The fourth-order valence-electron chi connectivity index (χ4n) is 3.24. The van der Waals surface area contributed by atoms with Crippen molar-refractivity contribution in [2.24, 2.45) is 0 Å². The molecule has 29 heavy (non-hydrogen) atoms. The monoisotopic (exact) mass is 389 g/mol. The summed E-state index contributed by atoms with van der Waals surface area (Å²) in [4.78, 5) is 17.0. The predicted molar refractivity (Wildman–Crippen MR) is 110 cm³/mol. The summed E-state index contributed by atoms with van der Waals surface area (Å²) in [6.45, 7) is 3.26. The first-order valence-corrected chi connectivity index (χ1v) is 9.58. The normalized spacial score (nSPS) is 12.2. The first-order chi connectivity index (χ1) is 14.2. The van der Waals surface area contributed by atoms with E-state index in [-0.39, 0.29) is 11.9 Å². The van der Waals surface area contributed by atoms with E-state index in [0.29, 0.717) is 19.8 Å². The third-order valence-corrected chi connectivity index (χ3v) is 4.83. The third kappa shape index (κ3) is 4.55. The van der Waals surface area contributed by atoms with Crippen LogP contribution in [0.2, 0.25) is 0 Å². The van der Waals surface area contributed by atoms with Crippen molar-refractivity contribution in [3.05, 3.63) is 90.1 Å². The Bertz CT molecular complexity index is 1090. The molecule has 0 radical (unpaired) electrons. The quantitative estimate of drug-likeness (QED) is 0.490. The van der Waals surface area contributed by atoms with E-state index in [1.807, 2.05) is 72.2 Å². The molecule has 0 aliphatic rings. The van der Waals surface area contributed by atoms with Crippen LogP contribution in [-0.4, -0.2) is 15.5 Å². The molecule has 0 aliphatic heterocycles. The van der Waals surface area contributed by atoms with Gasteiger partial charge in [0.1, 0.15) is 18.4 Å². The number of carbonyl (C=O) groups is 1. The lowest BCUT2D eigenvalue weighted by molar-refractivity contribution is -0.123. The molecule has 4 rings (SSSR count). The first kappa shape index (κ1) is 19.0. The zero-order chi connectivity index (χ0) is 20.1. The molecular weight excluding hydrogens is 366 g/mol. The van der Waals surface area contributed by atoms with Gasteiger partial charge in [-0.2, -0.15) is 0 Å². The summed E-state index contributed by atoms with van der Waals surface area (Å²) in [6.07, 6.45) is 3.35. The van der Waals surface area contributed by atoms with Crippen LogP contribution in [-0.2, 0) is 29.3 Å². The highest BCUT2D eigenvalue weighted by molar-refractivity contribution is 5.83. The van der Waals surface area contributed by atoms with Gasteiger partial charge in [0.05, 0.1) is 30.2 Å². The van der Waals surface area contributed by atoms with Crippen LogP contribution in [0.5, 0.6) is 0 Å². The van der Waals surface area contributed by atoms with Gasteiger partial charge in [-0.1, -0.05) is 36.4 Å². The predicted octanol–water partition coefficient (Wildman–Crippen LogP) is 4.22. The minimum Gasteiger partial charge on any atom is -0.467 e. The molecule has 1 amide bonds. The van der Waals surface area contributed by atoms with E-state index >= 15 is 0 Å². The lowest BCUT2D eigenvalue weighted by Gasteiger charge is -2.15. The Morgan fingerprint density at radius 1 is 1.10 bits per heavy atom. The van der Waals surface area contributed by atoms with Crippen LogP contribution in [0.1, 0.15) is 29.9 Å². The van der Waals surface area contributed by atoms with Gasteiger partial charge < -0.3 is 19.0 Å². The highest BCUT2D eigenvalue weighted by Gasteiger charge is 2.16. The molecular formula is C23H23N3O3. The highest BCUT2D eigenvalue weighted by atomic mass is 16.5. The van der Waals surface area contributed by atoms with Crippen molar-refractivity contribution in [3.8, 4) is 0 Å². The molecule has 2 heterocycles. The lowest BCUT2D eigenvalue weighted by atomic mass is 10.1. The van der Waals surface area contributed by atoms with Gasteiger partial charge in [0, 0.05) is 6.54 Å². The Morgan fingerprint density at radius 2 is 1.97 bits per heavy atom. The number of aromatic nitrogens is 2. The van der Waals surface area contributed by atoms with Crippen LogP contribution in [0.25, 0.3) is 11.0 Å². The molecule has 148 valence electrons. The summed E-state index contributed by atoms with van der Waals surface area (Å²) in [5.41, 5.74) is 3.91. The Kier molecular flexibility index (Phi) is 5.72. The van der Waals surface area contributed by atoms with Crippen LogP contribution in [0.3, 0.4) is 0 Å². The number of ether oxygens (including phenoxy) is 1. The summed E-state index contributed by atoms with van der Waals surface area (Å²) in [6, 6.07) is 19.2. The maximum atomic E-state index is 12.7. The number of nitrogens with zero attached hydrogens (tertiary/aromatic N) is 2. The fourth-order valence-corrected chi connectivity index (χ4v) is 3.24. The number of amides is 1. The van der Waals surface area contributed by atoms with Crippen molar-refractivity contribution in [3.63, 3.8) is 0 Å². The number of imidazole rings is 1. The zero-order valence-corrected chi connectivity index (χ0v) is 16.2. The van der Waals surface area contributed by atoms with Crippen LogP contribution in [0.15, 0.2) is 77.7 Å². The van der Waals surface area contributed by atoms with E-state index < -0.39 is 0 Å². The summed E-state index contributed by atoms with van der Waals surface area (Å²) >= 11 is 0. The smallest absolute Gasteiger partial charge is 0.243 e. The summed E-state index contributed by atoms with van der Waals surface area (Å²) in [5, 5.41) is 3.01. The van der Waals surface area contributed by atoms with Crippen LogP contribution >= 0.6 is 0 Å². The van der Waals surface area contributed by atoms with Crippen molar-refractivity contribution in [2.45, 2.75) is 32.7 Å². The molecule has 6 nitrogen and oxygen atoms in total. The van der Waals surface area contributed by atoms with Gasteiger partial charge >= 0.3 is 0 Å². The average molecular weight is 389 g/mol. The second-order valence-electron chi connectivity index (χ2n) is 6.93. The van der Waals surface area contributed by atoms with Gasteiger partial charge in [-0.05, 0) is 42.3 Å². The van der Waals surface area contributed by atoms with E-state index in [0.717, 1.165) is 27.9 Å². The molecule has 0 saturated carbocycles. The summed E-state index contributed by atoms with van der Waals surface area (Å²) < 4.78 is 12.8. The number of furan rings is 1. The van der Waals surface area contributed by atoms with Crippen molar-refractivity contribution in [1.29, 1.82) is 0 Å². The number of rotatable bonds is 8. The highest BCUT2D eigenvalue weighted by Crippen LogP contribution is 2.17. The standard InChI is InChI=1S/C23H23N3O3/c1-17(26-16-25-21-9-2-3-10-22(21)26)23(27)24-13-18-6-4-7-19(12-18)14-28-15-20-8-5-11-29-20/h2-12,16-17H,13-15H2,1H3,(H,24,27). The Labute approximate surface area is 169 Å². The minimum atomic E-state index is -0.345. The molecule has 0 spiro atoms. The molecule has 2 aromatic carbocycles. The largest absolute Gasteiger partial charge is 0.467 e. The molecule has 1 unspecified atom stereocenters. The maximum absolute atomic E-state index is 12.7. The van der Waals surface area contributed by atoms with Gasteiger partial charge in [0.15, 0.2) is 0 Å². The van der Waals surface area contributed by atoms with Gasteiger partial charge in [-0.15, -0.1) is 0 Å². The Balaban J connectivity index is 1.33. The van der Waals surface area contributed by atoms with Gasteiger partial charge in [0.25, 0.3) is 0 Å². The summed E-state index contributed by atoms with van der Waals surface area (Å²) in [7, 11) is 0. The second kappa shape index (κ2) is 8.75. The van der Waals surface area contributed by atoms with E-state index in [2.05, 4.69) is 10.3 Å². The number of hydrogen-bond acceptors (Lipinski definition) is 4. The SMILES string of the molecule is CC(C(=O)NCc1cccc(COCc2ccco2)c1)n1cnc2ccccc21. The molecule has 6 heteroatoms. The number of hydrogen-bond donors (Lipinski definition) is 1. The van der Waals surface area contributed by atoms with Crippen molar-refractivity contribution in [1.82, 2.24) is 14.9 Å². The number of fused-ring (bicyclic) bond motifs is 1. The summed E-state index contributed by atoms with van der Waals surface area (Å²) in [5.74, 6) is 0.752. The van der Waals surface area contributed by atoms with E-state index in [1.165, 1.54) is 0 Å². The van der Waals surface area contributed by atoms with Gasteiger partial charge in [-0.3, -0.25) is 4.79 Å². The zero-order valence-electron chi connectivity index (χ0n) is 16.2. The maximum Gasteiger partial charge on any atom is 0.243 e. The average Bonchev–Trinajstić information content (AvgIpc) is 3.42. The fraction of sp³-hybridized carbons (Fsp3) is 0.217. The van der Waals surface area contributed by atoms with Crippen molar-refractivity contribution in [2.75, 3.05) is 0 Å². The van der Waals surface area contributed by atoms with E-state index in [1.54, 1.807) is 12.6 Å². The first-order valence-electron chi connectivity index (χ1n) is 9.58. The number of benzene rings is 2.